The second-order valence-corrected chi connectivity index (χ2v) is 6.42. The fraction of sp³-hybridized carbons (Fsp3) is 0.333. The van der Waals surface area contributed by atoms with E-state index in [4.69, 9.17) is 0 Å². The van der Waals surface area contributed by atoms with Crippen LogP contribution < -0.4 is 5.32 Å². The van der Waals surface area contributed by atoms with E-state index in [1.165, 1.54) is 4.90 Å². The van der Waals surface area contributed by atoms with E-state index >= 15 is 0 Å². The first-order valence-electron chi connectivity index (χ1n) is 6.41. The standard InChI is InChI=1S/C15H19N3OS/c1-15(2,3)13-9-14(16-10-19)18(17-13)11-5-7-12(20-4)8-6-11/h5-10H,1-4H3,(H,16,19). The topological polar surface area (TPSA) is 46.9 Å². The number of amides is 1. The van der Waals surface area contributed by atoms with Crippen LogP contribution in [0.3, 0.4) is 0 Å². The van der Waals surface area contributed by atoms with E-state index < -0.39 is 0 Å². The van der Waals surface area contributed by atoms with Gasteiger partial charge in [-0.1, -0.05) is 20.8 Å². The Morgan fingerprint density at radius 1 is 1.25 bits per heavy atom. The van der Waals surface area contributed by atoms with Gasteiger partial charge >= 0.3 is 0 Å². The van der Waals surface area contributed by atoms with Gasteiger partial charge in [0.15, 0.2) is 0 Å². The van der Waals surface area contributed by atoms with E-state index in [1.807, 2.05) is 36.6 Å². The highest BCUT2D eigenvalue weighted by Gasteiger charge is 2.20. The average Bonchev–Trinajstić information content (AvgIpc) is 2.83. The fourth-order valence-corrected chi connectivity index (χ4v) is 2.24. The molecule has 0 bridgehead atoms. The Bertz CT molecular complexity index is 597. The maximum atomic E-state index is 10.8. The summed E-state index contributed by atoms with van der Waals surface area (Å²) in [5.74, 6) is 0.682. The summed E-state index contributed by atoms with van der Waals surface area (Å²) < 4.78 is 1.76. The summed E-state index contributed by atoms with van der Waals surface area (Å²) >= 11 is 1.70. The lowest BCUT2D eigenvalue weighted by molar-refractivity contribution is -0.105. The maximum Gasteiger partial charge on any atom is 0.212 e. The lowest BCUT2D eigenvalue weighted by Gasteiger charge is -2.14. The SMILES string of the molecule is CSc1ccc(-n2nc(C(C)(C)C)cc2NC=O)cc1. The van der Waals surface area contributed by atoms with Crippen LogP contribution >= 0.6 is 11.8 Å². The number of nitrogens with one attached hydrogen (secondary N) is 1. The molecule has 0 spiro atoms. The molecule has 1 aromatic heterocycles. The average molecular weight is 289 g/mol. The van der Waals surface area contributed by atoms with Crippen LogP contribution in [-0.2, 0) is 10.2 Å². The Labute approximate surface area is 123 Å². The van der Waals surface area contributed by atoms with E-state index in [0.717, 1.165) is 11.4 Å². The van der Waals surface area contributed by atoms with E-state index in [-0.39, 0.29) is 5.41 Å². The third-order valence-corrected chi connectivity index (χ3v) is 3.75. The molecule has 0 aliphatic heterocycles. The number of hydrogen-bond acceptors (Lipinski definition) is 3. The zero-order valence-electron chi connectivity index (χ0n) is 12.2. The van der Waals surface area contributed by atoms with Gasteiger partial charge in [0.25, 0.3) is 0 Å². The number of benzene rings is 1. The zero-order valence-corrected chi connectivity index (χ0v) is 13.0. The first-order chi connectivity index (χ1) is 9.45. The number of anilines is 1. The normalized spacial score (nSPS) is 11.4. The molecule has 1 heterocycles. The van der Waals surface area contributed by atoms with Crippen molar-refractivity contribution in [3.05, 3.63) is 36.0 Å². The lowest BCUT2D eigenvalue weighted by Crippen LogP contribution is -2.12. The molecule has 4 nitrogen and oxygen atoms in total. The Balaban J connectivity index is 2.47. The number of carbonyl (C=O) groups is 1. The number of aromatic nitrogens is 2. The van der Waals surface area contributed by atoms with Crippen molar-refractivity contribution < 1.29 is 4.79 Å². The zero-order chi connectivity index (χ0) is 14.8. The molecule has 0 fully saturated rings. The minimum absolute atomic E-state index is 0.0657. The van der Waals surface area contributed by atoms with Gasteiger partial charge in [-0.15, -0.1) is 11.8 Å². The van der Waals surface area contributed by atoms with Gasteiger partial charge in [0.1, 0.15) is 5.82 Å². The molecule has 20 heavy (non-hydrogen) atoms. The van der Waals surface area contributed by atoms with E-state index in [1.54, 1.807) is 16.4 Å². The van der Waals surface area contributed by atoms with Crippen LogP contribution in [0.25, 0.3) is 5.69 Å². The Morgan fingerprint density at radius 2 is 1.90 bits per heavy atom. The van der Waals surface area contributed by atoms with Crippen LogP contribution in [0.4, 0.5) is 5.82 Å². The van der Waals surface area contributed by atoms with E-state index in [2.05, 4.69) is 31.2 Å². The van der Waals surface area contributed by atoms with Gasteiger partial charge in [-0.25, -0.2) is 4.68 Å². The predicted molar refractivity (Wildman–Crippen MR) is 83.7 cm³/mol. The van der Waals surface area contributed by atoms with E-state index in [9.17, 15) is 4.79 Å². The quantitative estimate of drug-likeness (QED) is 0.692. The summed E-state index contributed by atoms with van der Waals surface area (Å²) in [6, 6.07) is 10.0. The molecule has 1 amide bonds. The van der Waals surface area contributed by atoms with Crippen LogP contribution in [0.2, 0.25) is 0 Å². The molecule has 0 saturated heterocycles. The summed E-state index contributed by atoms with van der Waals surface area (Å²) in [4.78, 5) is 12.0. The molecule has 1 aromatic carbocycles. The van der Waals surface area contributed by atoms with Gasteiger partial charge in [-0.3, -0.25) is 4.79 Å². The second-order valence-electron chi connectivity index (χ2n) is 5.54. The molecule has 2 aromatic rings. The highest BCUT2D eigenvalue weighted by molar-refractivity contribution is 7.98. The summed E-state index contributed by atoms with van der Waals surface area (Å²) in [7, 11) is 0. The first kappa shape index (κ1) is 14.7. The minimum atomic E-state index is -0.0657. The number of nitrogens with zero attached hydrogens (tertiary/aromatic N) is 2. The Morgan fingerprint density at radius 3 is 2.40 bits per heavy atom. The van der Waals surface area contributed by atoms with Gasteiger partial charge < -0.3 is 5.32 Å². The molecule has 0 saturated carbocycles. The Kier molecular flexibility index (Phi) is 4.18. The van der Waals surface area contributed by atoms with Gasteiger partial charge in [0.2, 0.25) is 6.41 Å². The van der Waals surface area contributed by atoms with Crippen LogP contribution in [0, 0.1) is 0 Å². The van der Waals surface area contributed by atoms with Crippen molar-refractivity contribution in [3.8, 4) is 5.69 Å². The second kappa shape index (κ2) is 5.71. The van der Waals surface area contributed by atoms with Crippen molar-refractivity contribution in [2.45, 2.75) is 31.1 Å². The molecule has 0 aliphatic rings. The maximum absolute atomic E-state index is 10.8. The van der Waals surface area contributed by atoms with Gasteiger partial charge in [0, 0.05) is 16.4 Å². The van der Waals surface area contributed by atoms with Gasteiger partial charge in [-0.2, -0.15) is 5.10 Å². The number of carbonyl (C=O) groups excluding carboxylic acids is 1. The third-order valence-electron chi connectivity index (χ3n) is 3.00. The fourth-order valence-electron chi connectivity index (χ4n) is 1.83. The first-order valence-corrected chi connectivity index (χ1v) is 7.63. The third kappa shape index (κ3) is 3.04. The molecular weight excluding hydrogens is 270 g/mol. The Hall–Kier alpha value is -1.75. The van der Waals surface area contributed by atoms with Gasteiger partial charge in [0.05, 0.1) is 11.4 Å². The van der Waals surface area contributed by atoms with Crippen molar-refractivity contribution in [1.82, 2.24) is 9.78 Å². The molecule has 5 heteroatoms. The minimum Gasteiger partial charge on any atom is -0.313 e. The molecular formula is C15H19N3OS. The number of rotatable bonds is 4. The van der Waals surface area contributed by atoms with Crippen molar-refractivity contribution in [2.24, 2.45) is 0 Å². The van der Waals surface area contributed by atoms with Crippen molar-refractivity contribution in [2.75, 3.05) is 11.6 Å². The highest BCUT2D eigenvalue weighted by atomic mass is 32.2. The molecule has 1 N–H and O–H groups in total. The molecule has 0 unspecified atom stereocenters. The predicted octanol–water partition coefficient (Wildman–Crippen LogP) is 3.46. The van der Waals surface area contributed by atoms with Crippen molar-refractivity contribution in [3.63, 3.8) is 0 Å². The lowest BCUT2D eigenvalue weighted by atomic mass is 9.92. The highest BCUT2D eigenvalue weighted by Crippen LogP contribution is 2.26. The molecule has 0 radical (unpaired) electrons. The van der Waals surface area contributed by atoms with E-state index in [0.29, 0.717) is 12.2 Å². The van der Waals surface area contributed by atoms with Crippen molar-refractivity contribution >= 4 is 24.0 Å². The van der Waals surface area contributed by atoms with Crippen molar-refractivity contribution in [1.29, 1.82) is 0 Å². The van der Waals surface area contributed by atoms with Crippen LogP contribution in [0.15, 0.2) is 35.2 Å². The molecule has 2 rings (SSSR count). The summed E-state index contributed by atoms with van der Waals surface area (Å²) in [5, 5.41) is 7.32. The number of hydrogen-bond donors (Lipinski definition) is 1. The smallest absolute Gasteiger partial charge is 0.212 e. The summed E-state index contributed by atoms with van der Waals surface area (Å²) in [5.41, 5.74) is 1.81. The molecule has 106 valence electrons. The monoisotopic (exact) mass is 289 g/mol. The summed E-state index contributed by atoms with van der Waals surface area (Å²) in [6.45, 7) is 6.30. The number of thioether (sulfide) groups is 1. The van der Waals surface area contributed by atoms with Gasteiger partial charge in [-0.05, 0) is 30.5 Å². The summed E-state index contributed by atoms with van der Waals surface area (Å²) in [6.07, 6.45) is 2.72. The molecule has 0 aliphatic carbocycles. The molecule has 0 atom stereocenters. The van der Waals surface area contributed by atoms with Crippen LogP contribution in [0.5, 0.6) is 0 Å². The van der Waals surface area contributed by atoms with Crippen LogP contribution in [0.1, 0.15) is 26.5 Å². The van der Waals surface area contributed by atoms with Crippen LogP contribution in [-0.4, -0.2) is 22.4 Å². The largest absolute Gasteiger partial charge is 0.313 e.